The summed E-state index contributed by atoms with van der Waals surface area (Å²) in [6, 6.07) is -0.693. The van der Waals surface area contributed by atoms with Crippen molar-refractivity contribution < 1.29 is 9.59 Å². The zero-order chi connectivity index (χ0) is 14.3. The lowest BCUT2D eigenvalue weighted by atomic mass is 10.2. The second-order valence-electron chi connectivity index (χ2n) is 4.81. The van der Waals surface area contributed by atoms with Crippen molar-refractivity contribution in [2.24, 2.45) is 0 Å². The van der Waals surface area contributed by atoms with Crippen LogP contribution >= 0.6 is 11.8 Å². The van der Waals surface area contributed by atoms with Crippen LogP contribution in [0, 0.1) is 0 Å². The van der Waals surface area contributed by atoms with Crippen LogP contribution < -0.4 is 10.6 Å². The van der Waals surface area contributed by atoms with Crippen LogP contribution in [0.25, 0.3) is 0 Å². The summed E-state index contributed by atoms with van der Waals surface area (Å²) in [4.78, 5) is 25.3. The predicted octanol–water partition coefficient (Wildman–Crippen LogP) is 1.44. The standard InChI is InChI=1S/C13H25N3O2S/c1-4-19-11-7-5-6-8-16(9-11)10(2)12(17)15-13(18)14-3/h10-11H,4-9H2,1-3H3,(H2,14,15,17,18). The van der Waals surface area contributed by atoms with Gasteiger partial charge in [-0.05, 0) is 32.1 Å². The Morgan fingerprint density at radius 3 is 2.79 bits per heavy atom. The molecule has 0 aromatic carbocycles. The number of nitrogens with zero attached hydrogens (tertiary/aromatic N) is 1. The number of hydrogen-bond donors (Lipinski definition) is 2. The molecule has 1 heterocycles. The summed E-state index contributed by atoms with van der Waals surface area (Å²) < 4.78 is 0. The van der Waals surface area contributed by atoms with Crippen LogP contribution in [0.2, 0.25) is 0 Å². The molecule has 0 aromatic heterocycles. The average molecular weight is 287 g/mol. The van der Waals surface area contributed by atoms with Crippen molar-refractivity contribution in [3.63, 3.8) is 0 Å². The summed E-state index contributed by atoms with van der Waals surface area (Å²) in [6.45, 7) is 5.91. The van der Waals surface area contributed by atoms with E-state index in [-0.39, 0.29) is 11.9 Å². The zero-order valence-electron chi connectivity index (χ0n) is 12.1. The van der Waals surface area contributed by atoms with Crippen molar-refractivity contribution >= 4 is 23.7 Å². The Labute approximate surface area is 119 Å². The maximum Gasteiger partial charge on any atom is 0.321 e. The van der Waals surface area contributed by atoms with Crippen molar-refractivity contribution in [1.82, 2.24) is 15.5 Å². The molecular formula is C13H25N3O2S. The van der Waals surface area contributed by atoms with Crippen molar-refractivity contribution in [3.05, 3.63) is 0 Å². The van der Waals surface area contributed by atoms with Gasteiger partial charge in [-0.1, -0.05) is 13.3 Å². The minimum Gasteiger partial charge on any atom is -0.341 e. The quantitative estimate of drug-likeness (QED) is 0.821. The SMILES string of the molecule is CCSC1CCCCN(C(C)C(=O)NC(=O)NC)C1. The normalized spacial score (nSPS) is 22.4. The average Bonchev–Trinajstić information content (AvgIpc) is 2.63. The Hall–Kier alpha value is -0.750. The number of rotatable bonds is 4. The molecule has 0 bridgehead atoms. The van der Waals surface area contributed by atoms with Gasteiger partial charge in [0, 0.05) is 18.8 Å². The number of nitrogens with one attached hydrogen (secondary N) is 2. The molecule has 1 saturated heterocycles. The molecule has 0 aromatic rings. The number of carbonyl (C=O) groups is 2. The molecule has 19 heavy (non-hydrogen) atoms. The van der Waals surface area contributed by atoms with Crippen LogP contribution in [0.15, 0.2) is 0 Å². The number of hydrogen-bond acceptors (Lipinski definition) is 4. The fraction of sp³-hybridized carbons (Fsp3) is 0.846. The van der Waals surface area contributed by atoms with Gasteiger partial charge in [0.2, 0.25) is 5.91 Å². The Kier molecular flexibility index (Phi) is 7.23. The molecular weight excluding hydrogens is 262 g/mol. The maximum atomic E-state index is 12.0. The van der Waals surface area contributed by atoms with E-state index < -0.39 is 6.03 Å². The van der Waals surface area contributed by atoms with Gasteiger partial charge >= 0.3 is 6.03 Å². The summed E-state index contributed by atoms with van der Waals surface area (Å²) >= 11 is 1.96. The largest absolute Gasteiger partial charge is 0.341 e. The topological polar surface area (TPSA) is 61.4 Å². The first-order valence-electron chi connectivity index (χ1n) is 6.96. The van der Waals surface area contributed by atoms with E-state index in [1.165, 1.54) is 19.9 Å². The van der Waals surface area contributed by atoms with E-state index in [2.05, 4.69) is 22.5 Å². The summed E-state index contributed by atoms with van der Waals surface area (Å²) in [5.41, 5.74) is 0. The first kappa shape index (κ1) is 16.3. The van der Waals surface area contributed by atoms with Gasteiger partial charge < -0.3 is 5.32 Å². The van der Waals surface area contributed by atoms with Gasteiger partial charge in [-0.15, -0.1) is 0 Å². The lowest BCUT2D eigenvalue weighted by Crippen LogP contribution is -2.50. The molecule has 3 amide bonds. The molecule has 5 nitrogen and oxygen atoms in total. The molecule has 0 spiro atoms. The van der Waals surface area contributed by atoms with Crippen molar-refractivity contribution in [1.29, 1.82) is 0 Å². The molecule has 1 fully saturated rings. The predicted molar refractivity (Wildman–Crippen MR) is 79.4 cm³/mol. The van der Waals surface area contributed by atoms with Crippen molar-refractivity contribution in [2.45, 2.75) is 44.4 Å². The first-order valence-corrected chi connectivity index (χ1v) is 8.01. The molecule has 1 aliphatic heterocycles. The van der Waals surface area contributed by atoms with Crippen LogP contribution in [0.5, 0.6) is 0 Å². The monoisotopic (exact) mass is 287 g/mol. The minimum atomic E-state index is -0.439. The number of urea groups is 1. The number of carbonyl (C=O) groups excluding carboxylic acids is 2. The molecule has 0 saturated carbocycles. The molecule has 2 unspecified atom stereocenters. The zero-order valence-corrected chi connectivity index (χ0v) is 12.9. The van der Waals surface area contributed by atoms with Gasteiger partial charge in [0.05, 0.1) is 6.04 Å². The van der Waals surface area contributed by atoms with Crippen LogP contribution in [0.3, 0.4) is 0 Å². The number of amides is 3. The number of imide groups is 1. The van der Waals surface area contributed by atoms with Gasteiger partial charge in [-0.25, -0.2) is 4.79 Å². The molecule has 110 valence electrons. The third-order valence-corrected chi connectivity index (χ3v) is 4.64. The Morgan fingerprint density at radius 1 is 1.42 bits per heavy atom. The second kappa shape index (κ2) is 8.43. The first-order chi connectivity index (χ1) is 9.08. The van der Waals surface area contributed by atoms with E-state index in [0.29, 0.717) is 5.25 Å². The van der Waals surface area contributed by atoms with E-state index in [0.717, 1.165) is 25.3 Å². The van der Waals surface area contributed by atoms with E-state index in [1.807, 2.05) is 18.7 Å². The van der Waals surface area contributed by atoms with Gasteiger partial charge in [0.15, 0.2) is 0 Å². The van der Waals surface area contributed by atoms with Crippen molar-refractivity contribution in [3.8, 4) is 0 Å². The third kappa shape index (κ3) is 5.40. The number of likely N-dealkylation sites (tertiary alicyclic amines) is 1. The smallest absolute Gasteiger partial charge is 0.321 e. The minimum absolute atomic E-state index is 0.221. The Balaban J connectivity index is 2.55. The second-order valence-corrected chi connectivity index (χ2v) is 6.39. The third-order valence-electron chi connectivity index (χ3n) is 3.45. The highest BCUT2D eigenvalue weighted by molar-refractivity contribution is 7.99. The maximum absolute atomic E-state index is 12.0. The Bertz CT molecular complexity index is 312. The fourth-order valence-electron chi connectivity index (χ4n) is 2.30. The lowest BCUT2D eigenvalue weighted by molar-refractivity contribution is -0.124. The van der Waals surface area contributed by atoms with Crippen LogP contribution in [0.4, 0.5) is 4.79 Å². The number of thioether (sulfide) groups is 1. The van der Waals surface area contributed by atoms with Crippen molar-refractivity contribution in [2.75, 3.05) is 25.9 Å². The molecule has 0 aliphatic carbocycles. The van der Waals surface area contributed by atoms with E-state index in [9.17, 15) is 9.59 Å². The summed E-state index contributed by atoms with van der Waals surface area (Å²) in [5.74, 6) is 0.888. The van der Waals surface area contributed by atoms with Crippen LogP contribution in [-0.4, -0.2) is 54.0 Å². The molecule has 2 atom stereocenters. The van der Waals surface area contributed by atoms with Gasteiger partial charge in [0.1, 0.15) is 0 Å². The van der Waals surface area contributed by atoms with Crippen LogP contribution in [-0.2, 0) is 4.79 Å². The molecule has 1 aliphatic rings. The molecule has 6 heteroatoms. The van der Waals surface area contributed by atoms with E-state index in [1.54, 1.807) is 0 Å². The Morgan fingerprint density at radius 2 is 2.16 bits per heavy atom. The fourth-order valence-corrected chi connectivity index (χ4v) is 3.40. The molecule has 0 radical (unpaired) electrons. The molecule has 1 rings (SSSR count). The lowest BCUT2D eigenvalue weighted by Gasteiger charge is -2.28. The summed E-state index contributed by atoms with van der Waals surface area (Å²) in [6.07, 6.45) is 3.56. The summed E-state index contributed by atoms with van der Waals surface area (Å²) in [5, 5.41) is 5.36. The van der Waals surface area contributed by atoms with Gasteiger partial charge in [0.25, 0.3) is 0 Å². The summed E-state index contributed by atoms with van der Waals surface area (Å²) in [7, 11) is 1.51. The van der Waals surface area contributed by atoms with E-state index in [4.69, 9.17) is 0 Å². The molecule has 2 N–H and O–H groups in total. The van der Waals surface area contributed by atoms with Gasteiger partial charge in [-0.3, -0.25) is 15.0 Å². The highest BCUT2D eigenvalue weighted by Crippen LogP contribution is 2.23. The highest BCUT2D eigenvalue weighted by Gasteiger charge is 2.26. The van der Waals surface area contributed by atoms with Gasteiger partial charge in [-0.2, -0.15) is 11.8 Å². The van der Waals surface area contributed by atoms with Crippen LogP contribution in [0.1, 0.15) is 33.1 Å². The highest BCUT2D eigenvalue weighted by atomic mass is 32.2. The van der Waals surface area contributed by atoms with E-state index >= 15 is 0 Å².